The Kier molecular flexibility index (Phi) is 9.52. The fraction of sp³-hybridized carbons (Fsp3) is 0.727. The number of unbranched alkanes of at least 4 members (excludes halogenated alkanes) is 3. The number of aliphatic hydroxyl groups is 1. The minimum absolute atomic E-state index is 0.281. The SMILES string of the molecule is CCCCCOCC1CCc2cc([C@H](CN)CCCCO)ccc2C1. The first-order chi connectivity index (χ1) is 12.3. The maximum atomic E-state index is 8.97. The zero-order chi connectivity index (χ0) is 17.9. The van der Waals surface area contributed by atoms with Gasteiger partial charge in [-0.1, -0.05) is 44.4 Å². The van der Waals surface area contributed by atoms with Gasteiger partial charge < -0.3 is 15.6 Å². The van der Waals surface area contributed by atoms with Crippen LogP contribution in [0.1, 0.15) is 74.5 Å². The predicted molar refractivity (Wildman–Crippen MR) is 105 cm³/mol. The molecule has 0 radical (unpaired) electrons. The van der Waals surface area contributed by atoms with Gasteiger partial charge in [0.15, 0.2) is 0 Å². The molecule has 3 nitrogen and oxygen atoms in total. The smallest absolute Gasteiger partial charge is 0.0497 e. The lowest BCUT2D eigenvalue weighted by molar-refractivity contribution is 0.0914. The first kappa shape index (κ1) is 20.4. The van der Waals surface area contributed by atoms with E-state index >= 15 is 0 Å². The van der Waals surface area contributed by atoms with Crippen molar-refractivity contribution in [2.75, 3.05) is 26.4 Å². The zero-order valence-corrected chi connectivity index (χ0v) is 16.0. The second-order valence-corrected chi connectivity index (χ2v) is 7.57. The normalized spacial score (nSPS) is 18.1. The average molecular weight is 348 g/mol. The summed E-state index contributed by atoms with van der Waals surface area (Å²) in [5.41, 5.74) is 10.4. The van der Waals surface area contributed by atoms with Crippen molar-refractivity contribution in [2.45, 2.75) is 70.6 Å². The summed E-state index contributed by atoms with van der Waals surface area (Å²) in [6.07, 6.45) is 10.3. The number of ether oxygens (including phenoxy) is 1. The van der Waals surface area contributed by atoms with Crippen molar-refractivity contribution in [3.8, 4) is 0 Å². The van der Waals surface area contributed by atoms with Gasteiger partial charge in [-0.2, -0.15) is 0 Å². The molecule has 0 amide bonds. The highest BCUT2D eigenvalue weighted by Crippen LogP contribution is 2.30. The molecule has 0 saturated carbocycles. The molecule has 1 aromatic carbocycles. The highest BCUT2D eigenvalue weighted by atomic mass is 16.5. The Hall–Kier alpha value is -0.900. The van der Waals surface area contributed by atoms with E-state index in [1.165, 1.54) is 48.8 Å². The second-order valence-electron chi connectivity index (χ2n) is 7.57. The van der Waals surface area contributed by atoms with E-state index < -0.39 is 0 Å². The van der Waals surface area contributed by atoms with Gasteiger partial charge in [0.1, 0.15) is 0 Å². The molecule has 1 unspecified atom stereocenters. The maximum Gasteiger partial charge on any atom is 0.0497 e. The van der Waals surface area contributed by atoms with Crippen molar-refractivity contribution in [2.24, 2.45) is 11.7 Å². The summed E-state index contributed by atoms with van der Waals surface area (Å²) in [5.74, 6) is 1.10. The van der Waals surface area contributed by atoms with Gasteiger partial charge in [-0.15, -0.1) is 0 Å². The summed E-state index contributed by atoms with van der Waals surface area (Å²) in [5, 5.41) is 8.97. The van der Waals surface area contributed by atoms with Crippen LogP contribution >= 0.6 is 0 Å². The van der Waals surface area contributed by atoms with Crippen LogP contribution in [0.4, 0.5) is 0 Å². The molecule has 0 spiro atoms. The van der Waals surface area contributed by atoms with E-state index in [0.717, 1.165) is 38.9 Å². The van der Waals surface area contributed by atoms with Crippen LogP contribution in [0.5, 0.6) is 0 Å². The third-order valence-corrected chi connectivity index (χ3v) is 5.52. The molecule has 0 heterocycles. The lowest BCUT2D eigenvalue weighted by Crippen LogP contribution is -2.20. The molecule has 0 aliphatic heterocycles. The van der Waals surface area contributed by atoms with Crippen LogP contribution in [0.2, 0.25) is 0 Å². The average Bonchev–Trinajstić information content (AvgIpc) is 2.65. The Morgan fingerprint density at radius 1 is 1.20 bits per heavy atom. The van der Waals surface area contributed by atoms with E-state index in [4.69, 9.17) is 15.6 Å². The Balaban J connectivity index is 1.85. The quantitative estimate of drug-likeness (QED) is 0.557. The second kappa shape index (κ2) is 11.7. The van der Waals surface area contributed by atoms with Crippen molar-refractivity contribution in [1.29, 1.82) is 0 Å². The summed E-state index contributed by atoms with van der Waals surface area (Å²) >= 11 is 0. The summed E-state index contributed by atoms with van der Waals surface area (Å²) in [6.45, 7) is 5.04. The van der Waals surface area contributed by atoms with Crippen LogP contribution in [0.15, 0.2) is 18.2 Å². The highest BCUT2D eigenvalue weighted by molar-refractivity contribution is 5.36. The minimum atomic E-state index is 0.281. The molecular weight excluding hydrogens is 310 g/mol. The molecule has 1 aliphatic rings. The Morgan fingerprint density at radius 2 is 2.08 bits per heavy atom. The van der Waals surface area contributed by atoms with Gasteiger partial charge in [-0.3, -0.25) is 0 Å². The van der Waals surface area contributed by atoms with Gasteiger partial charge in [0.25, 0.3) is 0 Å². The molecule has 3 N–H and O–H groups in total. The topological polar surface area (TPSA) is 55.5 Å². The fourth-order valence-corrected chi connectivity index (χ4v) is 3.87. The Bertz CT molecular complexity index is 489. The first-order valence-electron chi connectivity index (χ1n) is 10.3. The van der Waals surface area contributed by atoms with Crippen LogP contribution in [0.3, 0.4) is 0 Å². The summed E-state index contributed by atoms with van der Waals surface area (Å²) < 4.78 is 5.89. The third kappa shape index (κ3) is 6.73. The van der Waals surface area contributed by atoms with Crippen LogP contribution < -0.4 is 5.73 Å². The van der Waals surface area contributed by atoms with Gasteiger partial charge in [-0.05, 0) is 73.6 Å². The Labute approximate surface area is 154 Å². The molecule has 25 heavy (non-hydrogen) atoms. The molecule has 0 saturated heterocycles. The lowest BCUT2D eigenvalue weighted by Gasteiger charge is -2.26. The van der Waals surface area contributed by atoms with E-state index in [-0.39, 0.29) is 6.61 Å². The van der Waals surface area contributed by atoms with E-state index in [2.05, 4.69) is 25.1 Å². The van der Waals surface area contributed by atoms with Crippen LogP contribution in [0, 0.1) is 5.92 Å². The monoisotopic (exact) mass is 347 g/mol. The van der Waals surface area contributed by atoms with Crippen molar-refractivity contribution in [3.63, 3.8) is 0 Å². The van der Waals surface area contributed by atoms with E-state index in [0.29, 0.717) is 18.4 Å². The molecule has 1 aliphatic carbocycles. The molecule has 0 bridgehead atoms. The minimum Gasteiger partial charge on any atom is -0.396 e. The molecular formula is C22H37NO2. The van der Waals surface area contributed by atoms with Crippen LogP contribution in [-0.4, -0.2) is 31.5 Å². The zero-order valence-electron chi connectivity index (χ0n) is 16.0. The molecule has 2 atom stereocenters. The number of benzene rings is 1. The molecule has 0 aromatic heterocycles. The number of nitrogens with two attached hydrogens (primary N) is 1. The van der Waals surface area contributed by atoms with Crippen LogP contribution in [-0.2, 0) is 17.6 Å². The largest absolute Gasteiger partial charge is 0.396 e. The highest BCUT2D eigenvalue weighted by Gasteiger charge is 2.20. The van der Waals surface area contributed by atoms with Crippen molar-refractivity contribution < 1.29 is 9.84 Å². The standard InChI is InChI=1S/C22H37NO2/c1-2-3-6-13-25-17-18-8-9-20-15-21(11-10-19(20)14-18)22(16-23)7-4-5-12-24/h10-11,15,18,22,24H,2-9,12-14,16-17,23H2,1H3/t18?,22-/m0/s1. The van der Waals surface area contributed by atoms with Crippen molar-refractivity contribution >= 4 is 0 Å². The number of fused-ring (bicyclic) bond motifs is 1. The molecule has 0 fully saturated rings. The van der Waals surface area contributed by atoms with E-state index in [1.807, 2.05) is 0 Å². The van der Waals surface area contributed by atoms with Gasteiger partial charge in [0.05, 0.1) is 0 Å². The lowest BCUT2D eigenvalue weighted by atomic mass is 9.81. The third-order valence-electron chi connectivity index (χ3n) is 5.52. The van der Waals surface area contributed by atoms with Gasteiger partial charge in [0, 0.05) is 19.8 Å². The maximum absolute atomic E-state index is 8.97. The molecule has 142 valence electrons. The summed E-state index contributed by atoms with van der Waals surface area (Å²) in [7, 11) is 0. The molecule has 3 heteroatoms. The van der Waals surface area contributed by atoms with Gasteiger partial charge in [-0.25, -0.2) is 0 Å². The number of rotatable bonds is 12. The van der Waals surface area contributed by atoms with E-state index in [9.17, 15) is 0 Å². The summed E-state index contributed by atoms with van der Waals surface area (Å²) in [4.78, 5) is 0. The number of hydrogen-bond acceptors (Lipinski definition) is 3. The fourth-order valence-electron chi connectivity index (χ4n) is 3.87. The molecule has 1 aromatic rings. The van der Waals surface area contributed by atoms with E-state index in [1.54, 1.807) is 0 Å². The predicted octanol–water partition coefficient (Wildman–Crippen LogP) is 4.20. The number of hydrogen-bond donors (Lipinski definition) is 2. The van der Waals surface area contributed by atoms with Crippen LogP contribution in [0.25, 0.3) is 0 Å². The number of aryl methyl sites for hydroxylation is 1. The number of aliphatic hydroxyl groups excluding tert-OH is 1. The van der Waals surface area contributed by atoms with Crippen molar-refractivity contribution in [3.05, 3.63) is 34.9 Å². The van der Waals surface area contributed by atoms with Gasteiger partial charge >= 0.3 is 0 Å². The van der Waals surface area contributed by atoms with Crippen molar-refractivity contribution in [1.82, 2.24) is 0 Å². The van der Waals surface area contributed by atoms with Gasteiger partial charge in [0.2, 0.25) is 0 Å². The Morgan fingerprint density at radius 3 is 2.84 bits per heavy atom. The summed E-state index contributed by atoms with van der Waals surface area (Å²) in [6, 6.07) is 6.99. The first-order valence-corrected chi connectivity index (χ1v) is 10.3. The molecule has 2 rings (SSSR count).